The maximum absolute atomic E-state index is 12.7. The summed E-state index contributed by atoms with van der Waals surface area (Å²) in [7, 11) is 1.91. The maximum atomic E-state index is 12.7. The van der Waals surface area contributed by atoms with Crippen molar-refractivity contribution >= 4 is 16.8 Å². The van der Waals surface area contributed by atoms with Gasteiger partial charge in [-0.05, 0) is 43.1 Å². The van der Waals surface area contributed by atoms with E-state index in [1.54, 1.807) is 0 Å². The summed E-state index contributed by atoms with van der Waals surface area (Å²) in [6.45, 7) is 0.876. The number of aromatic nitrogens is 2. The van der Waals surface area contributed by atoms with Crippen molar-refractivity contribution in [2.24, 2.45) is 17.8 Å². The number of benzene rings is 1. The molecule has 2 aliphatic rings. The standard InChI is InChI=1S/C17H21N3O/c1-20(10-13-9-11-6-7-12(13)8-11)17(21)16-14-4-2-3-5-15(14)18-19-16/h2-5,11-13H,6-10H2,1H3,(H,18,19). The van der Waals surface area contributed by atoms with Crippen molar-refractivity contribution < 1.29 is 4.79 Å². The van der Waals surface area contributed by atoms with Crippen molar-refractivity contribution in [1.29, 1.82) is 0 Å². The summed E-state index contributed by atoms with van der Waals surface area (Å²) in [5, 5.41) is 8.09. The Bertz CT molecular complexity index is 677. The van der Waals surface area contributed by atoms with Crippen LogP contribution < -0.4 is 0 Å². The van der Waals surface area contributed by atoms with E-state index < -0.39 is 0 Å². The molecular formula is C17H21N3O. The fraction of sp³-hybridized carbons (Fsp3) is 0.529. The Balaban J connectivity index is 1.51. The van der Waals surface area contributed by atoms with Gasteiger partial charge in [-0.2, -0.15) is 5.10 Å². The zero-order valence-electron chi connectivity index (χ0n) is 12.4. The molecule has 1 heterocycles. The van der Waals surface area contributed by atoms with Crippen LogP contribution in [-0.4, -0.2) is 34.6 Å². The number of hydrogen-bond acceptors (Lipinski definition) is 2. The van der Waals surface area contributed by atoms with Gasteiger partial charge in [-0.15, -0.1) is 0 Å². The number of amides is 1. The third-order valence-electron chi connectivity index (χ3n) is 5.41. The summed E-state index contributed by atoms with van der Waals surface area (Å²) in [5.74, 6) is 2.51. The summed E-state index contributed by atoms with van der Waals surface area (Å²) in [6.07, 6.45) is 5.47. The smallest absolute Gasteiger partial charge is 0.274 e. The molecule has 0 spiro atoms. The molecule has 4 heteroatoms. The molecule has 0 saturated heterocycles. The fourth-order valence-corrected chi connectivity index (χ4v) is 4.34. The van der Waals surface area contributed by atoms with E-state index in [0.29, 0.717) is 11.6 Å². The van der Waals surface area contributed by atoms with Crippen molar-refractivity contribution in [3.8, 4) is 0 Å². The second kappa shape index (κ2) is 4.86. The van der Waals surface area contributed by atoms with Crippen LogP contribution in [0.5, 0.6) is 0 Å². The molecule has 1 aromatic heterocycles. The largest absolute Gasteiger partial charge is 0.340 e. The quantitative estimate of drug-likeness (QED) is 0.941. The Labute approximate surface area is 124 Å². The van der Waals surface area contributed by atoms with E-state index in [4.69, 9.17) is 0 Å². The molecule has 4 nitrogen and oxygen atoms in total. The highest BCUT2D eigenvalue weighted by Crippen LogP contribution is 2.48. The molecule has 2 aliphatic carbocycles. The zero-order chi connectivity index (χ0) is 14.4. The average molecular weight is 283 g/mol. The van der Waals surface area contributed by atoms with Crippen LogP contribution in [0, 0.1) is 17.8 Å². The highest BCUT2D eigenvalue weighted by atomic mass is 16.2. The van der Waals surface area contributed by atoms with E-state index in [2.05, 4.69) is 10.2 Å². The van der Waals surface area contributed by atoms with Crippen LogP contribution >= 0.6 is 0 Å². The Morgan fingerprint density at radius 2 is 2.19 bits per heavy atom. The molecule has 3 atom stereocenters. The normalized spacial score (nSPS) is 27.4. The molecule has 0 aliphatic heterocycles. The molecule has 0 radical (unpaired) electrons. The molecule has 21 heavy (non-hydrogen) atoms. The molecular weight excluding hydrogens is 262 g/mol. The molecule has 110 valence electrons. The number of nitrogens with zero attached hydrogens (tertiary/aromatic N) is 2. The van der Waals surface area contributed by atoms with Crippen LogP contribution in [0.25, 0.3) is 10.9 Å². The Morgan fingerprint density at radius 3 is 2.95 bits per heavy atom. The van der Waals surface area contributed by atoms with Gasteiger partial charge in [0.25, 0.3) is 5.91 Å². The summed E-state index contributed by atoms with van der Waals surface area (Å²) in [4.78, 5) is 14.5. The summed E-state index contributed by atoms with van der Waals surface area (Å²) in [6, 6.07) is 7.81. The van der Waals surface area contributed by atoms with E-state index in [0.717, 1.165) is 29.3 Å². The lowest BCUT2D eigenvalue weighted by molar-refractivity contribution is 0.0750. The van der Waals surface area contributed by atoms with Crippen molar-refractivity contribution in [3.63, 3.8) is 0 Å². The van der Waals surface area contributed by atoms with E-state index in [1.165, 1.54) is 25.7 Å². The number of fused-ring (bicyclic) bond motifs is 3. The van der Waals surface area contributed by atoms with Crippen molar-refractivity contribution in [3.05, 3.63) is 30.0 Å². The van der Waals surface area contributed by atoms with Crippen molar-refractivity contribution in [2.45, 2.75) is 25.7 Å². The van der Waals surface area contributed by atoms with Crippen LogP contribution in [-0.2, 0) is 0 Å². The highest BCUT2D eigenvalue weighted by molar-refractivity contribution is 6.04. The molecule has 3 unspecified atom stereocenters. The van der Waals surface area contributed by atoms with Gasteiger partial charge in [-0.1, -0.05) is 24.6 Å². The minimum absolute atomic E-state index is 0.0372. The van der Waals surface area contributed by atoms with E-state index >= 15 is 0 Å². The SMILES string of the molecule is CN(CC1CC2CCC1C2)C(=O)c1n[nH]c2ccccc12. The third-order valence-corrected chi connectivity index (χ3v) is 5.41. The molecule has 1 N–H and O–H groups in total. The number of H-pyrrole nitrogens is 1. The summed E-state index contributed by atoms with van der Waals surface area (Å²) in [5.41, 5.74) is 1.48. The second-order valence-electron chi connectivity index (χ2n) is 6.74. The second-order valence-corrected chi connectivity index (χ2v) is 6.74. The van der Waals surface area contributed by atoms with Crippen LogP contribution in [0.2, 0.25) is 0 Å². The molecule has 4 rings (SSSR count). The Morgan fingerprint density at radius 1 is 1.33 bits per heavy atom. The van der Waals surface area contributed by atoms with E-state index in [-0.39, 0.29) is 5.91 Å². The number of aromatic amines is 1. The van der Waals surface area contributed by atoms with Gasteiger partial charge in [0.05, 0.1) is 5.52 Å². The zero-order valence-corrected chi connectivity index (χ0v) is 12.4. The van der Waals surface area contributed by atoms with Crippen LogP contribution in [0.15, 0.2) is 24.3 Å². The highest BCUT2D eigenvalue weighted by Gasteiger charge is 2.40. The van der Waals surface area contributed by atoms with Gasteiger partial charge in [0, 0.05) is 19.0 Å². The topological polar surface area (TPSA) is 49.0 Å². The fourth-order valence-electron chi connectivity index (χ4n) is 4.34. The predicted molar refractivity (Wildman–Crippen MR) is 82.0 cm³/mol. The number of nitrogens with one attached hydrogen (secondary N) is 1. The van der Waals surface area contributed by atoms with Gasteiger partial charge in [-0.25, -0.2) is 0 Å². The number of rotatable bonds is 3. The molecule has 2 aromatic rings. The molecule has 2 bridgehead atoms. The first-order valence-electron chi connectivity index (χ1n) is 7.91. The Kier molecular flexibility index (Phi) is 2.98. The lowest BCUT2D eigenvalue weighted by Gasteiger charge is -2.26. The lowest BCUT2D eigenvalue weighted by Crippen LogP contribution is -2.34. The van der Waals surface area contributed by atoms with E-state index in [1.807, 2.05) is 36.2 Å². The minimum atomic E-state index is 0.0372. The maximum Gasteiger partial charge on any atom is 0.274 e. The monoisotopic (exact) mass is 283 g/mol. The molecule has 1 amide bonds. The molecule has 2 saturated carbocycles. The number of carbonyl (C=O) groups is 1. The minimum Gasteiger partial charge on any atom is -0.340 e. The number of para-hydroxylation sites is 1. The van der Waals surface area contributed by atoms with E-state index in [9.17, 15) is 4.79 Å². The van der Waals surface area contributed by atoms with Gasteiger partial charge in [0.1, 0.15) is 0 Å². The molecule has 2 fully saturated rings. The van der Waals surface area contributed by atoms with Gasteiger partial charge >= 0.3 is 0 Å². The van der Waals surface area contributed by atoms with Gasteiger partial charge in [-0.3, -0.25) is 9.89 Å². The number of hydrogen-bond donors (Lipinski definition) is 1. The van der Waals surface area contributed by atoms with Crippen molar-refractivity contribution in [2.75, 3.05) is 13.6 Å². The van der Waals surface area contributed by atoms with Crippen molar-refractivity contribution in [1.82, 2.24) is 15.1 Å². The predicted octanol–water partition coefficient (Wildman–Crippen LogP) is 3.07. The third kappa shape index (κ3) is 2.13. The molecule has 1 aromatic carbocycles. The summed E-state index contributed by atoms with van der Waals surface area (Å²) < 4.78 is 0. The first-order chi connectivity index (χ1) is 10.2. The Hall–Kier alpha value is -1.84. The average Bonchev–Trinajstić information content (AvgIpc) is 3.21. The summed E-state index contributed by atoms with van der Waals surface area (Å²) >= 11 is 0. The van der Waals surface area contributed by atoms with Gasteiger partial charge < -0.3 is 4.90 Å². The first-order valence-corrected chi connectivity index (χ1v) is 7.91. The van der Waals surface area contributed by atoms with Gasteiger partial charge in [0.2, 0.25) is 0 Å². The first kappa shape index (κ1) is 12.9. The van der Waals surface area contributed by atoms with Crippen LogP contribution in [0.3, 0.4) is 0 Å². The van der Waals surface area contributed by atoms with Crippen LogP contribution in [0.1, 0.15) is 36.2 Å². The number of carbonyl (C=O) groups excluding carboxylic acids is 1. The van der Waals surface area contributed by atoms with Gasteiger partial charge in [0.15, 0.2) is 5.69 Å². The van der Waals surface area contributed by atoms with Crippen LogP contribution in [0.4, 0.5) is 0 Å². The lowest BCUT2D eigenvalue weighted by atomic mass is 9.88.